The number of thiocarbonyl (C=S) groups is 1. The van der Waals surface area contributed by atoms with Crippen LogP contribution < -0.4 is 9.80 Å². The summed E-state index contributed by atoms with van der Waals surface area (Å²) in [7, 11) is 3.91. The largest absolute Gasteiger partial charge is 0.416 e. The first kappa shape index (κ1) is 20.0. The van der Waals surface area contributed by atoms with E-state index in [1.54, 1.807) is 11.8 Å². The molecule has 2 atom stereocenters. The summed E-state index contributed by atoms with van der Waals surface area (Å²) in [4.78, 5) is 18.0. The first-order valence-corrected chi connectivity index (χ1v) is 10.4. The number of carbonyl (C=O) groups excluding carboxylic acids is 1. The van der Waals surface area contributed by atoms with Gasteiger partial charge >= 0.3 is 6.18 Å². The van der Waals surface area contributed by atoms with Gasteiger partial charge in [0.25, 0.3) is 5.91 Å². The molecule has 0 spiro atoms. The number of hydrogen-bond donors (Lipinski definition) is 0. The molecule has 29 heavy (non-hydrogen) atoms. The van der Waals surface area contributed by atoms with Crippen LogP contribution in [0, 0.1) is 0 Å². The van der Waals surface area contributed by atoms with Crippen molar-refractivity contribution in [2.24, 2.45) is 0 Å². The number of thioether (sulfide) groups is 1. The molecule has 2 fully saturated rings. The van der Waals surface area contributed by atoms with Crippen molar-refractivity contribution < 1.29 is 18.0 Å². The summed E-state index contributed by atoms with van der Waals surface area (Å²) < 4.78 is 39.3. The van der Waals surface area contributed by atoms with E-state index in [1.165, 1.54) is 17.0 Å². The maximum absolute atomic E-state index is 13.1. The van der Waals surface area contributed by atoms with Crippen LogP contribution in [0.5, 0.6) is 0 Å². The van der Waals surface area contributed by atoms with Crippen molar-refractivity contribution in [3.63, 3.8) is 0 Å². The first-order valence-electron chi connectivity index (χ1n) is 8.91. The SMILES string of the molecule is CN(C)c1ccc([C@@H]2SC[C@H]3C(=O)N(c4cccc(C(F)(F)F)c4)C(=S)N32)cc1. The number of anilines is 2. The van der Waals surface area contributed by atoms with E-state index in [2.05, 4.69) is 0 Å². The molecular weight excluding hydrogens is 419 g/mol. The third-order valence-corrected chi connectivity index (χ3v) is 6.76. The summed E-state index contributed by atoms with van der Waals surface area (Å²) in [6.07, 6.45) is -4.48. The van der Waals surface area contributed by atoms with E-state index in [0.29, 0.717) is 5.75 Å². The van der Waals surface area contributed by atoms with E-state index in [9.17, 15) is 18.0 Å². The van der Waals surface area contributed by atoms with Crippen molar-refractivity contribution in [2.45, 2.75) is 17.6 Å². The van der Waals surface area contributed by atoms with Gasteiger partial charge in [-0.3, -0.25) is 9.69 Å². The molecule has 4 nitrogen and oxygen atoms in total. The Kier molecular flexibility index (Phi) is 4.98. The first-order chi connectivity index (χ1) is 13.7. The van der Waals surface area contributed by atoms with Gasteiger partial charge in [0.05, 0.1) is 11.3 Å². The second-order valence-corrected chi connectivity index (χ2v) is 8.58. The molecule has 2 saturated heterocycles. The monoisotopic (exact) mass is 437 g/mol. The minimum Gasteiger partial charge on any atom is -0.378 e. The average Bonchev–Trinajstić information content (AvgIpc) is 3.22. The minimum atomic E-state index is -4.48. The lowest BCUT2D eigenvalue weighted by Crippen LogP contribution is -2.33. The maximum atomic E-state index is 13.1. The van der Waals surface area contributed by atoms with Crippen molar-refractivity contribution in [1.82, 2.24) is 4.90 Å². The maximum Gasteiger partial charge on any atom is 0.416 e. The molecule has 0 aromatic heterocycles. The van der Waals surface area contributed by atoms with Gasteiger partial charge in [0.15, 0.2) is 5.11 Å². The summed E-state index contributed by atoms with van der Waals surface area (Å²) in [5.41, 5.74) is 1.40. The van der Waals surface area contributed by atoms with Gasteiger partial charge < -0.3 is 9.80 Å². The average molecular weight is 438 g/mol. The zero-order valence-electron chi connectivity index (χ0n) is 15.7. The van der Waals surface area contributed by atoms with Crippen LogP contribution in [0.3, 0.4) is 0 Å². The predicted octanol–water partition coefficient (Wildman–Crippen LogP) is 4.52. The van der Waals surface area contributed by atoms with Crippen molar-refractivity contribution in [1.29, 1.82) is 0 Å². The zero-order valence-corrected chi connectivity index (χ0v) is 17.3. The molecule has 0 N–H and O–H groups in total. The Hall–Kier alpha value is -2.26. The number of amides is 1. The molecule has 2 aromatic carbocycles. The molecule has 4 rings (SSSR count). The van der Waals surface area contributed by atoms with Crippen LogP contribution in [0.15, 0.2) is 48.5 Å². The number of hydrogen-bond acceptors (Lipinski definition) is 4. The summed E-state index contributed by atoms with van der Waals surface area (Å²) in [5, 5.41) is 0.0921. The fourth-order valence-corrected chi connectivity index (χ4v) is 5.46. The van der Waals surface area contributed by atoms with Gasteiger partial charge in [-0.2, -0.15) is 13.2 Å². The van der Waals surface area contributed by atoms with Gasteiger partial charge in [0.2, 0.25) is 0 Å². The number of rotatable bonds is 3. The molecule has 0 saturated carbocycles. The standard InChI is InChI=1S/C20H18F3N3OS2/c1-24(2)14-8-6-12(7-9-14)18-26-16(11-29-18)17(27)25(19(26)28)15-5-3-4-13(10-15)20(21,22)23/h3-10,16,18H,11H2,1-2H3/t16-,18-/m0/s1. The van der Waals surface area contributed by atoms with Crippen molar-refractivity contribution >= 4 is 46.4 Å². The van der Waals surface area contributed by atoms with E-state index in [-0.39, 0.29) is 22.1 Å². The van der Waals surface area contributed by atoms with Crippen molar-refractivity contribution in [3.05, 3.63) is 59.7 Å². The molecule has 9 heteroatoms. The van der Waals surface area contributed by atoms with Gasteiger partial charge in [-0.1, -0.05) is 18.2 Å². The molecule has 1 amide bonds. The summed E-state index contributed by atoms with van der Waals surface area (Å²) in [5.74, 6) is 0.253. The molecule has 2 aliphatic heterocycles. The van der Waals surface area contributed by atoms with Gasteiger partial charge in [-0.15, -0.1) is 11.8 Å². The Labute approximate surface area is 176 Å². The molecule has 0 unspecified atom stereocenters. The lowest BCUT2D eigenvalue weighted by Gasteiger charge is -2.26. The van der Waals surface area contributed by atoms with E-state index in [0.717, 1.165) is 23.4 Å². The van der Waals surface area contributed by atoms with Crippen molar-refractivity contribution in [2.75, 3.05) is 29.6 Å². The molecule has 2 aromatic rings. The Balaban J connectivity index is 1.64. The predicted molar refractivity (Wildman–Crippen MR) is 113 cm³/mol. The van der Waals surface area contributed by atoms with Gasteiger partial charge in [-0.25, -0.2) is 0 Å². The number of fused-ring (bicyclic) bond motifs is 1. The number of halogens is 3. The van der Waals surface area contributed by atoms with Crippen LogP contribution >= 0.6 is 24.0 Å². The van der Waals surface area contributed by atoms with Gasteiger partial charge in [0, 0.05) is 25.5 Å². The quantitative estimate of drug-likeness (QED) is 0.658. The highest BCUT2D eigenvalue weighted by Gasteiger charge is 2.51. The highest BCUT2D eigenvalue weighted by molar-refractivity contribution is 7.99. The third-order valence-electron chi connectivity index (χ3n) is 5.04. The van der Waals surface area contributed by atoms with Crippen LogP contribution in [0.2, 0.25) is 0 Å². The van der Waals surface area contributed by atoms with Crippen LogP contribution in [0.4, 0.5) is 24.5 Å². The fourth-order valence-electron chi connectivity index (χ4n) is 3.54. The molecule has 152 valence electrons. The third kappa shape index (κ3) is 3.46. The number of alkyl halides is 3. The lowest BCUT2D eigenvalue weighted by atomic mass is 10.1. The van der Waals surface area contributed by atoms with Crippen LogP contribution in [0.1, 0.15) is 16.5 Å². The van der Waals surface area contributed by atoms with Crippen LogP contribution in [0.25, 0.3) is 0 Å². The number of benzene rings is 2. The van der Waals surface area contributed by atoms with Gasteiger partial charge in [0.1, 0.15) is 11.4 Å². The number of carbonyl (C=O) groups is 1. The molecular formula is C20H18F3N3OS2. The molecule has 2 heterocycles. The second-order valence-electron chi connectivity index (χ2n) is 7.10. The normalized spacial score (nSPS) is 21.7. The zero-order chi connectivity index (χ0) is 20.9. The van der Waals surface area contributed by atoms with E-state index in [1.807, 2.05) is 48.2 Å². The molecule has 0 aliphatic carbocycles. The summed E-state index contributed by atoms with van der Waals surface area (Å²) in [6.45, 7) is 0. The van der Waals surface area contributed by atoms with Crippen LogP contribution in [-0.4, -0.2) is 41.8 Å². The number of nitrogens with zero attached hydrogens (tertiary/aromatic N) is 3. The topological polar surface area (TPSA) is 26.8 Å². The van der Waals surface area contributed by atoms with E-state index < -0.39 is 17.8 Å². The van der Waals surface area contributed by atoms with Gasteiger partial charge in [-0.05, 0) is 48.1 Å². The second kappa shape index (κ2) is 7.21. The fraction of sp³-hybridized carbons (Fsp3) is 0.300. The molecule has 0 bridgehead atoms. The smallest absolute Gasteiger partial charge is 0.378 e. The molecule has 2 aliphatic rings. The Morgan fingerprint density at radius 3 is 2.45 bits per heavy atom. The Morgan fingerprint density at radius 2 is 1.83 bits per heavy atom. The summed E-state index contributed by atoms with van der Waals surface area (Å²) >= 11 is 7.16. The minimum absolute atomic E-state index is 0.149. The highest BCUT2D eigenvalue weighted by Crippen LogP contribution is 2.46. The van der Waals surface area contributed by atoms with E-state index in [4.69, 9.17) is 12.2 Å². The van der Waals surface area contributed by atoms with Crippen molar-refractivity contribution in [3.8, 4) is 0 Å². The lowest BCUT2D eigenvalue weighted by molar-refractivity contribution is -0.137. The Bertz CT molecular complexity index is 962. The Morgan fingerprint density at radius 1 is 1.14 bits per heavy atom. The highest BCUT2D eigenvalue weighted by atomic mass is 32.2. The summed E-state index contributed by atoms with van der Waals surface area (Å²) in [6, 6.07) is 12.2. The van der Waals surface area contributed by atoms with Crippen LogP contribution in [-0.2, 0) is 11.0 Å². The van der Waals surface area contributed by atoms with E-state index >= 15 is 0 Å². The molecule has 0 radical (unpaired) electrons.